The van der Waals surface area contributed by atoms with Crippen LogP contribution in [-0.4, -0.2) is 30.3 Å². The maximum atomic E-state index is 12.1. The molecule has 1 aromatic carbocycles. The number of thiophene rings is 1. The number of benzene rings is 1. The highest BCUT2D eigenvalue weighted by atomic mass is 32.1. The van der Waals surface area contributed by atoms with Gasteiger partial charge in [-0.3, -0.25) is 0 Å². The van der Waals surface area contributed by atoms with Crippen LogP contribution in [-0.2, 0) is 6.42 Å². The lowest BCUT2D eigenvalue weighted by atomic mass is 9.96. The highest BCUT2D eigenvalue weighted by Gasteiger charge is 2.14. The first-order valence-electron chi connectivity index (χ1n) is 8.34. The number of nitrogens with one attached hydrogen (secondary N) is 2. The zero-order valence-corrected chi connectivity index (χ0v) is 15.1. The number of hydrogen-bond acceptors (Lipinski definition) is 3. The Labute approximate surface area is 147 Å². The van der Waals surface area contributed by atoms with Gasteiger partial charge >= 0.3 is 6.03 Å². The van der Waals surface area contributed by atoms with E-state index in [0.29, 0.717) is 13.0 Å². The lowest BCUT2D eigenvalue weighted by molar-refractivity contribution is 0.234. The molecule has 2 rings (SSSR count). The molecule has 0 radical (unpaired) electrons. The summed E-state index contributed by atoms with van der Waals surface area (Å²) < 4.78 is 0. The summed E-state index contributed by atoms with van der Waals surface area (Å²) in [6.07, 6.45) is 1.47. The smallest absolute Gasteiger partial charge is 0.315 e. The van der Waals surface area contributed by atoms with E-state index < -0.39 is 0 Å². The van der Waals surface area contributed by atoms with E-state index in [4.69, 9.17) is 0 Å². The molecule has 0 aliphatic carbocycles. The minimum Gasteiger partial charge on any atom is -0.396 e. The Bertz CT molecular complexity index is 627. The van der Waals surface area contributed by atoms with Gasteiger partial charge in [0.1, 0.15) is 0 Å². The van der Waals surface area contributed by atoms with Gasteiger partial charge in [0.05, 0.1) is 0 Å². The van der Waals surface area contributed by atoms with Gasteiger partial charge < -0.3 is 15.7 Å². The van der Waals surface area contributed by atoms with Crippen LogP contribution in [0, 0.1) is 6.92 Å². The molecular formula is C19H26N2O2S. The van der Waals surface area contributed by atoms with Crippen LogP contribution >= 0.6 is 11.3 Å². The first-order chi connectivity index (χ1) is 11.6. The number of hydrogen-bond donors (Lipinski definition) is 3. The molecule has 0 saturated heterocycles. The van der Waals surface area contributed by atoms with Crippen molar-refractivity contribution < 1.29 is 9.90 Å². The molecule has 1 aromatic heterocycles. The van der Waals surface area contributed by atoms with E-state index in [1.165, 1.54) is 9.75 Å². The molecule has 2 amide bonds. The second kappa shape index (κ2) is 9.45. The quantitative estimate of drug-likeness (QED) is 0.685. The fraction of sp³-hybridized carbons (Fsp3) is 0.421. The Morgan fingerprint density at radius 2 is 1.96 bits per heavy atom. The van der Waals surface area contributed by atoms with Gasteiger partial charge in [-0.25, -0.2) is 4.79 Å². The van der Waals surface area contributed by atoms with Crippen LogP contribution in [0.25, 0.3) is 0 Å². The van der Waals surface area contributed by atoms with Crippen molar-refractivity contribution >= 4 is 17.4 Å². The van der Waals surface area contributed by atoms with Crippen molar-refractivity contribution in [3.63, 3.8) is 0 Å². The summed E-state index contributed by atoms with van der Waals surface area (Å²) >= 11 is 1.77. The van der Waals surface area contributed by atoms with Crippen molar-refractivity contribution in [2.45, 2.75) is 38.6 Å². The first kappa shape index (κ1) is 18.5. The zero-order chi connectivity index (χ0) is 17.4. The number of carbonyl (C=O) groups excluding carboxylic acids is 1. The topological polar surface area (TPSA) is 61.4 Å². The molecule has 0 aliphatic heterocycles. The second-order valence-corrected chi connectivity index (χ2v) is 7.46. The number of aryl methyl sites for hydroxylation is 1. The Morgan fingerprint density at radius 3 is 2.58 bits per heavy atom. The lowest BCUT2D eigenvalue weighted by Gasteiger charge is -2.19. The average molecular weight is 346 g/mol. The molecule has 0 saturated carbocycles. The van der Waals surface area contributed by atoms with E-state index in [9.17, 15) is 9.90 Å². The van der Waals surface area contributed by atoms with E-state index in [0.717, 1.165) is 12.0 Å². The number of urea groups is 1. The summed E-state index contributed by atoms with van der Waals surface area (Å²) in [4.78, 5) is 14.7. The van der Waals surface area contributed by atoms with Gasteiger partial charge in [-0.1, -0.05) is 30.3 Å². The molecule has 5 heteroatoms. The molecule has 0 aliphatic rings. The van der Waals surface area contributed by atoms with Crippen LogP contribution in [0.4, 0.5) is 4.79 Å². The van der Waals surface area contributed by atoms with E-state index in [2.05, 4.69) is 29.7 Å². The van der Waals surface area contributed by atoms with E-state index in [-0.39, 0.29) is 24.6 Å². The standard InChI is InChI=1S/C19H26N2O2S/c1-14(12-18-9-8-15(2)24-18)21-19(23)20-13-17(10-11-22)16-6-4-3-5-7-16/h3-9,14,17,22H,10-13H2,1-2H3,(H2,20,21,23). The van der Waals surface area contributed by atoms with E-state index in [1.54, 1.807) is 11.3 Å². The molecule has 2 aromatic rings. The maximum absolute atomic E-state index is 12.1. The Kier molecular flexibility index (Phi) is 7.28. The molecular weight excluding hydrogens is 320 g/mol. The monoisotopic (exact) mass is 346 g/mol. The average Bonchev–Trinajstić information content (AvgIpc) is 2.97. The SMILES string of the molecule is Cc1ccc(CC(C)NC(=O)NCC(CCO)c2ccccc2)s1. The number of carbonyl (C=O) groups is 1. The zero-order valence-electron chi connectivity index (χ0n) is 14.3. The predicted molar refractivity (Wildman–Crippen MR) is 99.6 cm³/mol. The lowest BCUT2D eigenvalue weighted by Crippen LogP contribution is -2.43. The van der Waals surface area contributed by atoms with Crippen LogP contribution < -0.4 is 10.6 Å². The van der Waals surface area contributed by atoms with Crippen molar-refractivity contribution in [2.75, 3.05) is 13.2 Å². The summed E-state index contributed by atoms with van der Waals surface area (Å²) in [5.74, 6) is 0.122. The van der Waals surface area contributed by atoms with Gasteiger partial charge in [0.2, 0.25) is 0 Å². The third kappa shape index (κ3) is 5.98. The van der Waals surface area contributed by atoms with Crippen molar-refractivity contribution in [3.8, 4) is 0 Å². The number of amides is 2. The molecule has 0 fully saturated rings. The summed E-state index contributed by atoms with van der Waals surface area (Å²) in [5.41, 5.74) is 1.13. The van der Waals surface area contributed by atoms with Gasteiger partial charge in [0.15, 0.2) is 0 Å². The van der Waals surface area contributed by atoms with Crippen LogP contribution in [0.2, 0.25) is 0 Å². The van der Waals surface area contributed by atoms with Crippen LogP contribution in [0.1, 0.15) is 34.6 Å². The largest absolute Gasteiger partial charge is 0.396 e. The normalized spacial score (nSPS) is 13.3. The Morgan fingerprint density at radius 1 is 1.21 bits per heavy atom. The number of rotatable bonds is 8. The van der Waals surface area contributed by atoms with Gasteiger partial charge in [-0.15, -0.1) is 11.3 Å². The minimum atomic E-state index is -0.158. The van der Waals surface area contributed by atoms with Crippen molar-refractivity contribution in [3.05, 3.63) is 57.8 Å². The molecule has 0 spiro atoms. The van der Waals surface area contributed by atoms with Crippen LogP contribution in [0.5, 0.6) is 0 Å². The summed E-state index contributed by atoms with van der Waals surface area (Å²) in [6.45, 7) is 4.72. The number of aliphatic hydroxyl groups excluding tert-OH is 1. The highest BCUT2D eigenvalue weighted by Crippen LogP contribution is 2.18. The summed E-state index contributed by atoms with van der Waals surface area (Å²) in [7, 11) is 0. The number of aliphatic hydroxyl groups is 1. The molecule has 2 unspecified atom stereocenters. The van der Waals surface area contributed by atoms with E-state index in [1.807, 2.05) is 37.3 Å². The van der Waals surface area contributed by atoms with Crippen molar-refractivity contribution in [2.24, 2.45) is 0 Å². The summed E-state index contributed by atoms with van der Waals surface area (Å²) in [6, 6.07) is 14.1. The molecule has 24 heavy (non-hydrogen) atoms. The van der Waals surface area contributed by atoms with Gasteiger partial charge in [0, 0.05) is 41.3 Å². The van der Waals surface area contributed by atoms with Crippen molar-refractivity contribution in [1.29, 1.82) is 0 Å². The third-order valence-electron chi connectivity index (χ3n) is 3.94. The Balaban J connectivity index is 1.80. The minimum absolute atomic E-state index is 0.0797. The molecule has 0 bridgehead atoms. The fourth-order valence-electron chi connectivity index (χ4n) is 2.71. The van der Waals surface area contributed by atoms with Gasteiger partial charge in [-0.05, 0) is 38.0 Å². The maximum Gasteiger partial charge on any atom is 0.315 e. The van der Waals surface area contributed by atoms with Gasteiger partial charge in [0.25, 0.3) is 0 Å². The van der Waals surface area contributed by atoms with E-state index >= 15 is 0 Å². The van der Waals surface area contributed by atoms with Gasteiger partial charge in [-0.2, -0.15) is 0 Å². The molecule has 3 N–H and O–H groups in total. The Hall–Kier alpha value is -1.85. The van der Waals surface area contributed by atoms with Crippen LogP contribution in [0.15, 0.2) is 42.5 Å². The third-order valence-corrected chi connectivity index (χ3v) is 4.96. The molecule has 1 heterocycles. The molecule has 130 valence electrons. The molecule has 4 nitrogen and oxygen atoms in total. The van der Waals surface area contributed by atoms with Crippen LogP contribution in [0.3, 0.4) is 0 Å². The fourth-order valence-corrected chi connectivity index (χ4v) is 3.73. The van der Waals surface area contributed by atoms with Crippen molar-refractivity contribution in [1.82, 2.24) is 10.6 Å². The molecule has 2 atom stereocenters. The second-order valence-electron chi connectivity index (χ2n) is 6.09. The highest BCUT2D eigenvalue weighted by molar-refractivity contribution is 7.11. The predicted octanol–water partition coefficient (Wildman–Crippen LogP) is 3.45. The first-order valence-corrected chi connectivity index (χ1v) is 9.15. The summed E-state index contributed by atoms with van der Waals surface area (Å²) in [5, 5.41) is 15.2.